The van der Waals surface area contributed by atoms with Gasteiger partial charge in [0.1, 0.15) is 0 Å². The molecular formula is C12H24N2O2. The van der Waals surface area contributed by atoms with Crippen molar-refractivity contribution in [3.63, 3.8) is 0 Å². The molecule has 0 saturated carbocycles. The van der Waals surface area contributed by atoms with Gasteiger partial charge in [-0.1, -0.05) is 13.8 Å². The highest BCUT2D eigenvalue weighted by molar-refractivity contribution is 5.76. The summed E-state index contributed by atoms with van der Waals surface area (Å²) in [5.74, 6) is -0.0142. The lowest BCUT2D eigenvalue weighted by molar-refractivity contribution is -0.123. The van der Waals surface area contributed by atoms with E-state index in [2.05, 4.69) is 24.1 Å². The van der Waals surface area contributed by atoms with Gasteiger partial charge in [-0.25, -0.2) is 0 Å². The van der Waals surface area contributed by atoms with Gasteiger partial charge in [0.25, 0.3) is 0 Å². The minimum Gasteiger partial charge on any atom is -0.396 e. The fraction of sp³-hybridized carbons (Fsp3) is 0.750. The monoisotopic (exact) mass is 228 g/mol. The number of nitrogens with one attached hydrogen (secondary N) is 1. The minimum absolute atomic E-state index is 0.00897. The van der Waals surface area contributed by atoms with Crippen LogP contribution in [0.25, 0.3) is 0 Å². The topological polar surface area (TPSA) is 52.6 Å². The van der Waals surface area contributed by atoms with Gasteiger partial charge in [0, 0.05) is 26.1 Å². The molecule has 4 nitrogen and oxygen atoms in total. The molecule has 1 unspecified atom stereocenters. The maximum atomic E-state index is 11.4. The van der Waals surface area contributed by atoms with Crippen LogP contribution in [0.3, 0.4) is 0 Å². The van der Waals surface area contributed by atoms with Crippen LogP contribution >= 0.6 is 0 Å². The number of aliphatic hydroxyl groups excluding tert-OH is 1. The SMILES string of the molecule is [CH2]CCN(CC[CH2])C(C)NC(=O)CCCO. The zero-order valence-corrected chi connectivity index (χ0v) is 10.2. The Labute approximate surface area is 99.0 Å². The highest BCUT2D eigenvalue weighted by Gasteiger charge is 2.13. The van der Waals surface area contributed by atoms with E-state index >= 15 is 0 Å². The van der Waals surface area contributed by atoms with Crippen molar-refractivity contribution < 1.29 is 9.90 Å². The standard InChI is InChI=1S/C12H24N2O2/c1-4-8-14(9-5-2)11(3)13-12(16)7-6-10-15/h11,15H,1-2,4-10H2,3H3,(H,13,16). The predicted molar refractivity (Wildman–Crippen MR) is 65.4 cm³/mol. The van der Waals surface area contributed by atoms with E-state index in [9.17, 15) is 4.79 Å². The Morgan fingerprint density at radius 3 is 2.38 bits per heavy atom. The number of hydrogen-bond acceptors (Lipinski definition) is 3. The normalized spacial score (nSPS) is 12.8. The molecule has 0 aliphatic carbocycles. The Morgan fingerprint density at radius 2 is 1.94 bits per heavy atom. The van der Waals surface area contributed by atoms with E-state index in [0.717, 1.165) is 25.9 Å². The Balaban J connectivity index is 3.97. The molecule has 0 rings (SSSR count). The molecule has 94 valence electrons. The van der Waals surface area contributed by atoms with E-state index < -0.39 is 0 Å². The largest absolute Gasteiger partial charge is 0.396 e. The molecule has 0 aromatic rings. The van der Waals surface area contributed by atoms with Crippen molar-refractivity contribution in [3.8, 4) is 0 Å². The molecule has 0 aliphatic rings. The average Bonchev–Trinajstić information content (AvgIpc) is 2.26. The van der Waals surface area contributed by atoms with Crippen LogP contribution in [-0.2, 0) is 4.79 Å². The Morgan fingerprint density at radius 1 is 1.38 bits per heavy atom. The molecule has 0 spiro atoms. The number of carbonyl (C=O) groups excluding carboxylic acids is 1. The van der Waals surface area contributed by atoms with Gasteiger partial charge in [-0.05, 0) is 26.2 Å². The molecule has 4 heteroatoms. The van der Waals surface area contributed by atoms with Crippen LogP contribution < -0.4 is 5.32 Å². The second-order valence-electron chi connectivity index (χ2n) is 3.81. The zero-order chi connectivity index (χ0) is 12.4. The average molecular weight is 228 g/mol. The summed E-state index contributed by atoms with van der Waals surface area (Å²) in [5, 5.41) is 11.5. The van der Waals surface area contributed by atoms with E-state index in [1.807, 2.05) is 6.92 Å². The summed E-state index contributed by atoms with van der Waals surface area (Å²) < 4.78 is 0. The molecule has 16 heavy (non-hydrogen) atoms. The summed E-state index contributed by atoms with van der Waals surface area (Å²) in [6.07, 6.45) is 2.54. The first kappa shape index (κ1) is 15.4. The van der Waals surface area contributed by atoms with Crippen LogP contribution in [0.2, 0.25) is 0 Å². The third-order valence-electron chi connectivity index (χ3n) is 2.37. The highest BCUT2D eigenvalue weighted by atomic mass is 16.3. The molecule has 1 atom stereocenters. The van der Waals surface area contributed by atoms with Crippen molar-refractivity contribution in [2.45, 2.75) is 38.8 Å². The molecule has 0 aromatic heterocycles. The summed E-state index contributed by atoms with van der Waals surface area (Å²) >= 11 is 0. The van der Waals surface area contributed by atoms with Gasteiger partial charge in [-0.15, -0.1) is 0 Å². The first-order chi connectivity index (χ1) is 7.65. The molecule has 2 N–H and O–H groups in total. The van der Waals surface area contributed by atoms with Crippen molar-refractivity contribution in [1.29, 1.82) is 0 Å². The van der Waals surface area contributed by atoms with Gasteiger partial charge in [-0.3, -0.25) is 9.69 Å². The van der Waals surface area contributed by atoms with Crippen molar-refractivity contribution in [2.24, 2.45) is 0 Å². The first-order valence-corrected chi connectivity index (χ1v) is 5.88. The summed E-state index contributed by atoms with van der Waals surface area (Å²) in [7, 11) is 0. The highest BCUT2D eigenvalue weighted by Crippen LogP contribution is 2.00. The van der Waals surface area contributed by atoms with Gasteiger partial charge in [-0.2, -0.15) is 0 Å². The van der Waals surface area contributed by atoms with Crippen molar-refractivity contribution in [2.75, 3.05) is 19.7 Å². The molecule has 0 aromatic carbocycles. The summed E-state index contributed by atoms with van der Waals surface area (Å²) in [6.45, 7) is 11.4. The molecule has 0 saturated heterocycles. The van der Waals surface area contributed by atoms with Crippen molar-refractivity contribution in [3.05, 3.63) is 13.8 Å². The van der Waals surface area contributed by atoms with Crippen LogP contribution in [0.15, 0.2) is 0 Å². The third-order valence-corrected chi connectivity index (χ3v) is 2.37. The number of nitrogens with zero attached hydrogens (tertiary/aromatic N) is 1. The van der Waals surface area contributed by atoms with E-state index in [0.29, 0.717) is 12.8 Å². The van der Waals surface area contributed by atoms with Gasteiger partial charge in [0.2, 0.25) is 5.91 Å². The van der Waals surface area contributed by atoms with Crippen LogP contribution in [-0.4, -0.2) is 41.8 Å². The van der Waals surface area contributed by atoms with Crippen molar-refractivity contribution >= 4 is 5.91 Å². The maximum Gasteiger partial charge on any atom is 0.221 e. The second kappa shape index (κ2) is 9.60. The molecule has 0 bridgehead atoms. The Hall–Kier alpha value is -0.610. The molecular weight excluding hydrogens is 204 g/mol. The van der Waals surface area contributed by atoms with E-state index in [4.69, 9.17) is 5.11 Å². The lowest BCUT2D eigenvalue weighted by atomic mass is 10.3. The van der Waals surface area contributed by atoms with E-state index in [-0.39, 0.29) is 18.7 Å². The molecule has 0 aliphatic heterocycles. The second-order valence-corrected chi connectivity index (χ2v) is 3.81. The third kappa shape index (κ3) is 6.80. The lowest BCUT2D eigenvalue weighted by Crippen LogP contribution is -2.46. The van der Waals surface area contributed by atoms with Gasteiger partial charge in [0.05, 0.1) is 6.17 Å². The van der Waals surface area contributed by atoms with Crippen LogP contribution in [0.5, 0.6) is 0 Å². The number of amides is 1. The maximum absolute atomic E-state index is 11.4. The van der Waals surface area contributed by atoms with E-state index in [1.54, 1.807) is 0 Å². The number of rotatable bonds is 9. The Kier molecular flexibility index (Phi) is 9.24. The molecule has 1 amide bonds. The van der Waals surface area contributed by atoms with Gasteiger partial charge >= 0.3 is 0 Å². The van der Waals surface area contributed by atoms with E-state index in [1.165, 1.54) is 0 Å². The summed E-state index contributed by atoms with van der Waals surface area (Å²) in [5.41, 5.74) is 0. The zero-order valence-electron chi connectivity index (χ0n) is 10.2. The number of carbonyl (C=O) groups is 1. The summed E-state index contributed by atoms with van der Waals surface area (Å²) in [6, 6.07) is 0. The van der Waals surface area contributed by atoms with Crippen LogP contribution in [0, 0.1) is 13.8 Å². The van der Waals surface area contributed by atoms with Crippen molar-refractivity contribution in [1.82, 2.24) is 10.2 Å². The predicted octanol–water partition coefficient (Wildman–Crippen LogP) is 0.971. The smallest absolute Gasteiger partial charge is 0.221 e. The number of hydrogen-bond donors (Lipinski definition) is 2. The van der Waals surface area contributed by atoms with Gasteiger partial charge < -0.3 is 10.4 Å². The molecule has 2 radical (unpaired) electrons. The fourth-order valence-electron chi connectivity index (χ4n) is 1.54. The summed E-state index contributed by atoms with van der Waals surface area (Å²) in [4.78, 5) is 13.6. The Bertz CT molecular complexity index is 180. The lowest BCUT2D eigenvalue weighted by Gasteiger charge is -2.29. The quantitative estimate of drug-likeness (QED) is 0.578. The minimum atomic E-state index is -0.0142. The first-order valence-electron chi connectivity index (χ1n) is 5.88. The molecule has 0 fully saturated rings. The fourth-order valence-corrected chi connectivity index (χ4v) is 1.54. The van der Waals surface area contributed by atoms with Gasteiger partial charge in [0.15, 0.2) is 0 Å². The molecule has 0 heterocycles. The van der Waals surface area contributed by atoms with Crippen LogP contribution in [0.1, 0.15) is 32.6 Å². The number of aliphatic hydroxyl groups is 1. The van der Waals surface area contributed by atoms with Crippen LogP contribution in [0.4, 0.5) is 0 Å².